The third-order valence-corrected chi connectivity index (χ3v) is 5.08. The average Bonchev–Trinajstić information content (AvgIpc) is 2.72. The molecular formula is C21H18N3O4S-. The molecule has 0 aliphatic carbocycles. The molecule has 0 aliphatic rings. The molecule has 2 aromatic carbocycles. The van der Waals surface area contributed by atoms with Crippen LogP contribution in [0.3, 0.4) is 0 Å². The first-order valence-corrected chi connectivity index (χ1v) is 9.67. The number of aromatic nitrogens is 1. The van der Waals surface area contributed by atoms with Gasteiger partial charge in [0.2, 0.25) is 5.91 Å². The Morgan fingerprint density at radius 2 is 2.00 bits per heavy atom. The highest BCUT2D eigenvalue weighted by Gasteiger charge is 2.10. The van der Waals surface area contributed by atoms with Crippen LogP contribution >= 0.6 is 11.8 Å². The number of fused-ring (bicyclic) bond motifs is 1. The van der Waals surface area contributed by atoms with E-state index in [1.807, 2.05) is 31.2 Å². The quantitative estimate of drug-likeness (QED) is 0.365. The monoisotopic (exact) mass is 408 g/mol. The fraction of sp³-hybridized carbons (Fsp3) is 0.143. The number of para-hydroxylation sites is 1. The second-order valence-corrected chi connectivity index (χ2v) is 7.13. The molecule has 3 aromatic rings. The molecule has 1 aromatic heterocycles. The largest absolute Gasteiger partial charge is 0.545 e. The number of hydrogen-bond donors (Lipinski definition) is 1. The van der Waals surface area contributed by atoms with Crippen molar-refractivity contribution in [1.29, 1.82) is 0 Å². The number of carbonyl (C=O) groups excluding carboxylic acids is 2. The number of carboxylic acids is 1. The van der Waals surface area contributed by atoms with Gasteiger partial charge in [-0.25, -0.2) is 10.4 Å². The first-order valence-electron chi connectivity index (χ1n) is 8.68. The highest BCUT2D eigenvalue weighted by atomic mass is 32.2. The lowest BCUT2D eigenvalue weighted by molar-refractivity contribution is -0.255. The molecule has 1 amide bonds. The SMILES string of the molecule is COc1cccc2c(SCC(=O)N/N=C\c3ccc(C(=O)[O-])cc3)cc(C)nc12. The summed E-state index contributed by atoms with van der Waals surface area (Å²) in [6.07, 6.45) is 1.44. The van der Waals surface area contributed by atoms with Crippen molar-refractivity contribution in [3.8, 4) is 5.75 Å². The highest BCUT2D eigenvalue weighted by molar-refractivity contribution is 8.00. The highest BCUT2D eigenvalue weighted by Crippen LogP contribution is 2.32. The molecule has 8 heteroatoms. The van der Waals surface area contributed by atoms with Crippen molar-refractivity contribution >= 4 is 40.8 Å². The predicted molar refractivity (Wildman–Crippen MR) is 110 cm³/mol. The lowest BCUT2D eigenvalue weighted by Gasteiger charge is -2.10. The maximum absolute atomic E-state index is 12.1. The molecule has 0 spiro atoms. The number of pyridine rings is 1. The van der Waals surface area contributed by atoms with E-state index in [0.717, 1.165) is 21.5 Å². The summed E-state index contributed by atoms with van der Waals surface area (Å²) in [5.74, 6) is -0.637. The molecule has 29 heavy (non-hydrogen) atoms. The Morgan fingerprint density at radius 1 is 1.24 bits per heavy atom. The maximum Gasteiger partial charge on any atom is 0.250 e. The molecule has 0 fully saturated rings. The fourth-order valence-corrected chi connectivity index (χ4v) is 3.58. The predicted octanol–water partition coefficient (Wildman–Crippen LogP) is 2.16. The maximum atomic E-state index is 12.1. The number of nitrogens with zero attached hydrogens (tertiary/aromatic N) is 2. The number of rotatable bonds is 7. The number of thioether (sulfide) groups is 1. The van der Waals surface area contributed by atoms with E-state index < -0.39 is 5.97 Å². The number of methoxy groups -OCH3 is 1. The van der Waals surface area contributed by atoms with Gasteiger partial charge in [-0.2, -0.15) is 5.10 Å². The van der Waals surface area contributed by atoms with Gasteiger partial charge in [0.15, 0.2) is 0 Å². The molecule has 1 N–H and O–H groups in total. The van der Waals surface area contributed by atoms with Crippen LogP contribution in [0.4, 0.5) is 0 Å². The van der Waals surface area contributed by atoms with Gasteiger partial charge in [-0.1, -0.05) is 36.4 Å². The number of hydrazone groups is 1. The number of nitrogens with one attached hydrogen (secondary N) is 1. The minimum atomic E-state index is -1.24. The van der Waals surface area contributed by atoms with Crippen LogP contribution in [0.1, 0.15) is 21.6 Å². The standard InChI is InChI=1S/C21H19N3O4S/c1-13-10-18(16-4-3-5-17(28-2)20(16)23-13)29-12-19(25)24-22-11-14-6-8-15(9-7-14)21(26)27/h3-11H,12H2,1-2H3,(H,24,25)(H,26,27)/p-1/b22-11-. The third kappa shape index (κ3) is 5.11. The van der Waals surface area contributed by atoms with Crippen LogP contribution in [0.5, 0.6) is 5.75 Å². The van der Waals surface area contributed by atoms with E-state index in [4.69, 9.17) is 4.74 Å². The first kappa shape index (κ1) is 20.3. The van der Waals surface area contributed by atoms with Gasteiger partial charge in [0.1, 0.15) is 11.3 Å². The van der Waals surface area contributed by atoms with Crippen LogP contribution in [0.2, 0.25) is 0 Å². The second kappa shape index (κ2) is 9.20. The molecule has 0 unspecified atom stereocenters. The molecule has 1 heterocycles. The lowest BCUT2D eigenvalue weighted by atomic mass is 10.1. The van der Waals surface area contributed by atoms with Gasteiger partial charge >= 0.3 is 0 Å². The van der Waals surface area contributed by atoms with Crippen LogP contribution in [0, 0.1) is 6.92 Å². The van der Waals surface area contributed by atoms with Gasteiger partial charge in [0.25, 0.3) is 0 Å². The Balaban J connectivity index is 1.63. The van der Waals surface area contributed by atoms with Crippen molar-refractivity contribution in [2.24, 2.45) is 5.10 Å². The minimum absolute atomic E-state index is 0.0825. The first-order chi connectivity index (χ1) is 14.0. The zero-order chi connectivity index (χ0) is 20.8. The van der Waals surface area contributed by atoms with Crippen molar-refractivity contribution in [2.45, 2.75) is 11.8 Å². The Bertz CT molecular complexity index is 1080. The summed E-state index contributed by atoms with van der Waals surface area (Å²) in [6.45, 7) is 1.89. The number of hydrogen-bond acceptors (Lipinski definition) is 7. The summed E-state index contributed by atoms with van der Waals surface area (Å²) in [5.41, 5.74) is 4.80. The van der Waals surface area contributed by atoms with E-state index in [1.54, 1.807) is 19.2 Å². The number of aryl methyl sites for hydroxylation is 1. The molecule has 0 saturated carbocycles. The van der Waals surface area contributed by atoms with Crippen molar-refractivity contribution in [2.75, 3.05) is 12.9 Å². The van der Waals surface area contributed by atoms with Crippen LogP contribution in [0.25, 0.3) is 10.9 Å². The van der Waals surface area contributed by atoms with Gasteiger partial charge in [0, 0.05) is 16.0 Å². The Hall–Kier alpha value is -3.39. The number of carboxylic acid groups (broad SMARTS) is 1. The Morgan fingerprint density at radius 3 is 2.69 bits per heavy atom. The van der Waals surface area contributed by atoms with E-state index in [1.165, 1.54) is 30.1 Å². The smallest absolute Gasteiger partial charge is 0.250 e. The molecule has 0 aliphatic heterocycles. The lowest BCUT2D eigenvalue weighted by Crippen LogP contribution is -2.22. The van der Waals surface area contributed by atoms with Gasteiger partial charge in [-0.15, -0.1) is 11.8 Å². The normalized spacial score (nSPS) is 11.0. The van der Waals surface area contributed by atoms with E-state index in [2.05, 4.69) is 15.5 Å². The van der Waals surface area contributed by atoms with Crippen LogP contribution in [-0.2, 0) is 4.79 Å². The van der Waals surface area contributed by atoms with E-state index >= 15 is 0 Å². The van der Waals surface area contributed by atoms with E-state index in [0.29, 0.717) is 11.3 Å². The van der Waals surface area contributed by atoms with Gasteiger partial charge in [-0.3, -0.25) is 4.79 Å². The van der Waals surface area contributed by atoms with E-state index in [-0.39, 0.29) is 17.2 Å². The zero-order valence-corrected chi connectivity index (χ0v) is 16.7. The average molecular weight is 408 g/mol. The van der Waals surface area contributed by atoms with Crippen LogP contribution in [0.15, 0.2) is 58.5 Å². The molecule has 0 radical (unpaired) electrons. The van der Waals surface area contributed by atoms with Gasteiger partial charge in [-0.05, 0) is 30.2 Å². The summed E-state index contributed by atoms with van der Waals surface area (Å²) in [6, 6.07) is 13.6. The molecule has 0 atom stereocenters. The van der Waals surface area contributed by atoms with Crippen molar-refractivity contribution in [3.05, 3.63) is 65.4 Å². The van der Waals surface area contributed by atoms with Gasteiger partial charge < -0.3 is 14.6 Å². The van der Waals surface area contributed by atoms with Crippen molar-refractivity contribution < 1.29 is 19.4 Å². The Labute approximate surface area is 171 Å². The summed E-state index contributed by atoms with van der Waals surface area (Å²) < 4.78 is 5.37. The van der Waals surface area contributed by atoms with Crippen LogP contribution in [-0.4, -0.2) is 35.9 Å². The summed E-state index contributed by atoms with van der Waals surface area (Å²) in [5, 5.41) is 15.6. The fourth-order valence-electron chi connectivity index (χ4n) is 2.66. The molecule has 0 saturated heterocycles. The number of aromatic carboxylic acids is 1. The Kier molecular flexibility index (Phi) is 6.46. The third-order valence-electron chi connectivity index (χ3n) is 4.02. The van der Waals surface area contributed by atoms with Crippen molar-refractivity contribution in [1.82, 2.24) is 10.4 Å². The number of amides is 1. The van der Waals surface area contributed by atoms with E-state index in [9.17, 15) is 14.7 Å². The molecule has 0 bridgehead atoms. The second-order valence-electron chi connectivity index (χ2n) is 6.11. The minimum Gasteiger partial charge on any atom is -0.545 e. The summed E-state index contributed by atoms with van der Waals surface area (Å²) >= 11 is 1.39. The zero-order valence-electron chi connectivity index (χ0n) is 15.8. The summed E-state index contributed by atoms with van der Waals surface area (Å²) in [4.78, 5) is 28.3. The molecular weight excluding hydrogens is 390 g/mol. The number of carbonyl (C=O) groups is 2. The number of benzene rings is 2. The molecule has 3 rings (SSSR count). The van der Waals surface area contributed by atoms with Gasteiger partial charge in [0.05, 0.1) is 25.0 Å². The number of ether oxygens (including phenoxy) is 1. The van der Waals surface area contributed by atoms with Crippen LogP contribution < -0.4 is 15.3 Å². The topological polar surface area (TPSA) is 104 Å². The molecule has 7 nitrogen and oxygen atoms in total. The van der Waals surface area contributed by atoms with Crippen molar-refractivity contribution in [3.63, 3.8) is 0 Å². The molecule has 148 valence electrons. The summed E-state index contributed by atoms with van der Waals surface area (Å²) in [7, 11) is 1.60.